The van der Waals surface area contributed by atoms with E-state index in [2.05, 4.69) is 22.6 Å². The van der Waals surface area contributed by atoms with Crippen LogP contribution in [0, 0.1) is 5.92 Å². The highest BCUT2D eigenvalue weighted by Crippen LogP contribution is 2.23. The molecule has 1 fully saturated rings. The zero-order chi connectivity index (χ0) is 26.4. The predicted molar refractivity (Wildman–Crippen MR) is 147 cm³/mol. The number of hydrogen-bond donors (Lipinski definition) is 2. The molecule has 0 radical (unpaired) electrons. The molecule has 7 heteroatoms. The summed E-state index contributed by atoms with van der Waals surface area (Å²) in [5, 5.41) is 7.97. The number of fused-ring (bicyclic) bond motifs is 1. The molecular weight excluding hydrogens is 466 g/mol. The first kappa shape index (κ1) is 26.1. The van der Waals surface area contributed by atoms with Crippen molar-refractivity contribution >= 4 is 39.8 Å². The average Bonchev–Trinajstić information content (AvgIpc) is 2.91. The maximum absolute atomic E-state index is 12.9. The van der Waals surface area contributed by atoms with E-state index in [1.165, 1.54) is 25.3 Å². The number of likely N-dealkylation sites (tertiary alicyclic amines) is 1. The summed E-state index contributed by atoms with van der Waals surface area (Å²) in [5.74, 6) is -0.797. The fourth-order valence-corrected chi connectivity index (χ4v) is 4.57. The number of esters is 1. The second-order valence-electron chi connectivity index (χ2n) is 9.59. The third-order valence-electron chi connectivity index (χ3n) is 6.89. The standard InChI is InChI=1S/C30H33N3O4/c1-20(23-9-8-22-6-4-5-7-24(22)17-23)16-28(34)32-27-18-25(10-11-26(27)30(36)37-3)29(35)31-19-21-12-14-33(2)15-13-21/h4-11,16-18,21H,12-15,19H2,1-3H3,(H,31,35)(H,32,34). The molecule has 1 aliphatic heterocycles. The Morgan fingerprint density at radius 3 is 2.41 bits per heavy atom. The lowest BCUT2D eigenvalue weighted by Crippen LogP contribution is -2.36. The summed E-state index contributed by atoms with van der Waals surface area (Å²) in [5.41, 5.74) is 2.47. The number of benzene rings is 3. The lowest BCUT2D eigenvalue weighted by atomic mass is 9.97. The maximum Gasteiger partial charge on any atom is 0.339 e. The van der Waals surface area contributed by atoms with E-state index < -0.39 is 11.9 Å². The van der Waals surface area contributed by atoms with E-state index in [-0.39, 0.29) is 17.2 Å². The highest BCUT2D eigenvalue weighted by atomic mass is 16.5. The van der Waals surface area contributed by atoms with Crippen LogP contribution >= 0.6 is 0 Å². The fourth-order valence-electron chi connectivity index (χ4n) is 4.57. The Kier molecular flexibility index (Phi) is 8.36. The molecule has 1 heterocycles. The summed E-state index contributed by atoms with van der Waals surface area (Å²) < 4.78 is 4.88. The van der Waals surface area contributed by atoms with Crippen LogP contribution in [0.2, 0.25) is 0 Å². The molecule has 0 saturated carbocycles. The monoisotopic (exact) mass is 499 g/mol. The van der Waals surface area contributed by atoms with E-state index in [4.69, 9.17) is 4.74 Å². The van der Waals surface area contributed by atoms with Crippen LogP contribution in [0.3, 0.4) is 0 Å². The minimum atomic E-state index is -0.594. The second-order valence-corrected chi connectivity index (χ2v) is 9.59. The van der Waals surface area contributed by atoms with Gasteiger partial charge in [-0.2, -0.15) is 0 Å². The van der Waals surface area contributed by atoms with Crippen molar-refractivity contribution in [2.45, 2.75) is 19.8 Å². The van der Waals surface area contributed by atoms with Gasteiger partial charge in [0, 0.05) is 18.2 Å². The van der Waals surface area contributed by atoms with Gasteiger partial charge in [-0.25, -0.2) is 4.79 Å². The van der Waals surface area contributed by atoms with Gasteiger partial charge in [-0.15, -0.1) is 0 Å². The summed E-state index contributed by atoms with van der Waals surface area (Å²) in [6.07, 6.45) is 3.57. The van der Waals surface area contributed by atoms with Crippen LogP contribution in [-0.4, -0.2) is 56.5 Å². The van der Waals surface area contributed by atoms with E-state index in [0.29, 0.717) is 18.0 Å². The Hall–Kier alpha value is -3.97. The lowest BCUT2D eigenvalue weighted by molar-refractivity contribution is -0.111. The number of nitrogens with one attached hydrogen (secondary N) is 2. The first-order chi connectivity index (χ1) is 17.8. The number of rotatable bonds is 7. The smallest absolute Gasteiger partial charge is 0.339 e. The van der Waals surface area contributed by atoms with Crippen molar-refractivity contribution < 1.29 is 19.1 Å². The molecule has 3 aromatic carbocycles. The number of piperidine rings is 1. The minimum absolute atomic E-state index is 0.180. The van der Waals surface area contributed by atoms with Crippen LogP contribution in [-0.2, 0) is 9.53 Å². The minimum Gasteiger partial charge on any atom is -0.465 e. The quantitative estimate of drug-likeness (QED) is 0.362. The van der Waals surface area contributed by atoms with Crippen molar-refractivity contribution in [1.82, 2.24) is 10.2 Å². The molecule has 0 aromatic heterocycles. The van der Waals surface area contributed by atoms with Crippen LogP contribution in [0.1, 0.15) is 46.0 Å². The lowest BCUT2D eigenvalue weighted by Gasteiger charge is -2.28. The molecule has 0 unspecified atom stereocenters. The van der Waals surface area contributed by atoms with Gasteiger partial charge in [0.2, 0.25) is 5.91 Å². The Balaban J connectivity index is 1.49. The second kappa shape index (κ2) is 11.8. The summed E-state index contributed by atoms with van der Waals surface area (Å²) in [4.78, 5) is 40.4. The summed E-state index contributed by atoms with van der Waals surface area (Å²) in [6, 6.07) is 18.6. The van der Waals surface area contributed by atoms with E-state index >= 15 is 0 Å². The van der Waals surface area contributed by atoms with Crippen molar-refractivity contribution in [2.24, 2.45) is 5.92 Å². The number of hydrogen-bond acceptors (Lipinski definition) is 5. The number of ether oxygens (including phenoxy) is 1. The Morgan fingerprint density at radius 1 is 0.973 bits per heavy atom. The van der Waals surface area contributed by atoms with Crippen molar-refractivity contribution in [3.8, 4) is 0 Å². The predicted octanol–water partition coefficient (Wildman–Crippen LogP) is 4.74. The SMILES string of the molecule is COC(=O)c1ccc(C(=O)NCC2CCN(C)CC2)cc1NC(=O)C=C(C)c1ccc2ccccc2c1. The Labute approximate surface area is 217 Å². The molecule has 3 aromatic rings. The van der Waals surface area contributed by atoms with Crippen LogP contribution in [0.25, 0.3) is 16.3 Å². The molecule has 7 nitrogen and oxygen atoms in total. The number of anilines is 1. The number of carbonyl (C=O) groups excluding carboxylic acids is 3. The zero-order valence-corrected chi connectivity index (χ0v) is 21.5. The highest BCUT2D eigenvalue weighted by Gasteiger charge is 2.20. The molecule has 1 saturated heterocycles. The van der Waals surface area contributed by atoms with Gasteiger partial charge < -0.3 is 20.3 Å². The van der Waals surface area contributed by atoms with Gasteiger partial charge in [0.15, 0.2) is 0 Å². The number of carbonyl (C=O) groups is 3. The third-order valence-corrected chi connectivity index (χ3v) is 6.89. The Morgan fingerprint density at radius 2 is 1.68 bits per heavy atom. The van der Waals surface area contributed by atoms with E-state index in [9.17, 15) is 14.4 Å². The van der Waals surface area contributed by atoms with Crippen LogP contribution < -0.4 is 10.6 Å². The first-order valence-corrected chi connectivity index (χ1v) is 12.5. The third kappa shape index (κ3) is 6.62. The van der Waals surface area contributed by atoms with Crippen molar-refractivity contribution in [1.29, 1.82) is 0 Å². The molecule has 0 atom stereocenters. The van der Waals surface area contributed by atoms with Gasteiger partial charge >= 0.3 is 5.97 Å². The van der Waals surface area contributed by atoms with E-state index in [0.717, 1.165) is 47.8 Å². The van der Waals surface area contributed by atoms with Gasteiger partial charge in [0.25, 0.3) is 5.91 Å². The van der Waals surface area contributed by atoms with Crippen LogP contribution in [0.5, 0.6) is 0 Å². The molecular formula is C30H33N3O4. The number of amides is 2. The normalized spacial score (nSPS) is 14.8. The molecule has 0 bridgehead atoms. The maximum atomic E-state index is 12.9. The highest BCUT2D eigenvalue weighted by molar-refractivity contribution is 6.09. The molecule has 37 heavy (non-hydrogen) atoms. The van der Waals surface area contributed by atoms with Gasteiger partial charge in [-0.1, -0.05) is 36.4 Å². The number of nitrogens with zero attached hydrogens (tertiary/aromatic N) is 1. The zero-order valence-electron chi connectivity index (χ0n) is 21.5. The van der Waals surface area contributed by atoms with E-state index in [1.54, 1.807) is 6.07 Å². The number of methoxy groups -OCH3 is 1. The summed E-state index contributed by atoms with van der Waals surface area (Å²) in [6.45, 7) is 4.51. The molecule has 4 rings (SSSR count). The van der Waals surface area contributed by atoms with Crippen molar-refractivity contribution in [3.05, 3.63) is 83.4 Å². The van der Waals surface area contributed by atoms with Crippen molar-refractivity contribution in [3.63, 3.8) is 0 Å². The molecule has 0 aliphatic carbocycles. The summed E-state index contributed by atoms with van der Waals surface area (Å²) in [7, 11) is 3.38. The largest absolute Gasteiger partial charge is 0.465 e. The molecule has 2 N–H and O–H groups in total. The van der Waals surface area contributed by atoms with Crippen molar-refractivity contribution in [2.75, 3.05) is 39.1 Å². The van der Waals surface area contributed by atoms with Gasteiger partial charge in [0.1, 0.15) is 0 Å². The molecule has 2 amide bonds. The van der Waals surface area contributed by atoms with Gasteiger partial charge in [-0.05, 0) is 92.0 Å². The van der Waals surface area contributed by atoms with Crippen LogP contribution in [0.15, 0.2) is 66.7 Å². The first-order valence-electron chi connectivity index (χ1n) is 12.5. The molecule has 192 valence electrons. The fraction of sp³-hybridized carbons (Fsp3) is 0.300. The van der Waals surface area contributed by atoms with E-state index in [1.807, 2.05) is 49.4 Å². The Bertz CT molecular complexity index is 1340. The topological polar surface area (TPSA) is 87.7 Å². The molecule has 1 aliphatic rings. The molecule has 0 spiro atoms. The van der Waals surface area contributed by atoms with Crippen LogP contribution in [0.4, 0.5) is 5.69 Å². The van der Waals surface area contributed by atoms with Gasteiger partial charge in [-0.3, -0.25) is 9.59 Å². The number of allylic oxidation sites excluding steroid dienone is 1. The van der Waals surface area contributed by atoms with Gasteiger partial charge in [0.05, 0.1) is 18.4 Å². The summed E-state index contributed by atoms with van der Waals surface area (Å²) >= 11 is 0. The average molecular weight is 500 g/mol.